The van der Waals surface area contributed by atoms with Gasteiger partial charge in [-0.3, -0.25) is 4.79 Å². The van der Waals surface area contributed by atoms with E-state index < -0.39 is 0 Å². The van der Waals surface area contributed by atoms with Crippen LogP contribution in [0.2, 0.25) is 0 Å². The van der Waals surface area contributed by atoms with Crippen LogP contribution in [0.1, 0.15) is 24.1 Å². The zero-order chi connectivity index (χ0) is 18.4. The summed E-state index contributed by atoms with van der Waals surface area (Å²) in [5.74, 6) is 0.337. The quantitative estimate of drug-likeness (QED) is 0.601. The summed E-state index contributed by atoms with van der Waals surface area (Å²) in [6.07, 6.45) is 0. The summed E-state index contributed by atoms with van der Waals surface area (Å²) in [5, 5.41) is 12.5. The highest BCUT2D eigenvalue weighted by Crippen LogP contribution is 2.21. The molecule has 0 saturated heterocycles. The van der Waals surface area contributed by atoms with Gasteiger partial charge in [-0.25, -0.2) is 4.68 Å². The van der Waals surface area contributed by atoms with Gasteiger partial charge >= 0.3 is 0 Å². The maximum Gasteiger partial charge on any atom is 0.233 e. The third kappa shape index (κ3) is 4.49. The maximum atomic E-state index is 12.5. The van der Waals surface area contributed by atoms with Crippen LogP contribution < -0.4 is 0 Å². The summed E-state index contributed by atoms with van der Waals surface area (Å²) in [4.78, 5) is 14.3. The van der Waals surface area contributed by atoms with Crippen molar-refractivity contribution in [2.45, 2.75) is 24.7 Å². The molecule has 1 atom stereocenters. The van der Waals surface area contributed by atoms with Crippen molar-refractivity contribution in [3.8, 4) is 0 Å². The maximum absolute atomic E-state index is 12.5. The SMILES string of the molecule is CC(c1ccccc1)N(C)C(=O)CSc1nnnn1Cc1ccccc1. The molecule has 1 heterocycles. The Morgan fingerprint density at radius 3 is 2.46 bits per heavy atom. The number of hydrogen-bond acceptors (Lipinski definition) is 5. The van der Waals surface area contributed by atoms with E-state index in [1.165, 1.54) is 11.8 Å². The van der Waals surface area contributed by atoms with Crippen molar-refractivity contribution in [3.63, 3.8) is 0 Å². The van der Waals surface area contributed by atoms with Gasteiger partial charge in [-0.05, 0) is 28.5 Å². The molecule has 0 N–H and O–H groups in total. The third-order valence-electron chi connectivity index (χ3n) is 4.26. The van der Waals surface area contributed by atoms with E-state index in [1.54, 1.807) is 9.58 Å². The van der Waals surface area contributed by atoms with Gasteiger partial charge in [-0.1, -0.05) is 72.4 Å². The zero-order valence-electron chi connectivity index (χ0n) is 14.8. The fraction of sp³-hybridized carbons (Fsp3) is 0.263. The number of aromatic nitrogens is 4. The summed E-state index contributed by atoms with van der Waals surface area (Å²) in [7, 11) is 1.83. The largest absolute Gasteiger partial charge is 0.338 e. The van der Waals surface area contributed by atoms with Crippen LogP contribution in [0.4, 0.5) is 0 Å². The Labute approximate surface area is 157 Å². The molecule has 2 aromatic carbocycles. The van der Waals surface area contributed by atoms with Crippen LogP contribution in [0, 0.1) is 0 Å². The van der Waals surface area contributed by atoms with Crippen molar-refractivity contribution in [3.05, 3.63) is 71.8 Å². The smallest absolute Gasteiger partial charge is 0.233 e. The summed E-state index contributed by atoms with van der Waals surface area (Å²) in [6, 6.07) is 20.0. The summed E-state index contributed by atoms with van der Waals surface area (Å²) in [6.45, 7) is 2.61. The first-order valence-electron chi connectivity index (χ1n) is 8.38. The Morgan fingerprint density at radius 2 is 1.77 bits per heavy atom. The molecule has 134 valence electrons. The lowest BCUT2D eigenvalue weighted by Crippen LogP contribution is -2.31. The van der Waals surface area contributed by atoms with E-state index in [0.29, 0.717) is 17.5 Å². The molecule has 0 bridgehead atoms. The molecule has 1 amide bonds. The Morgan fingerprint density at radius 1 is 1.12 bits per heavy atom. The number of benzene rings is 2. The summed E-state index contributed by atoms with van der Waals surface area (Å²) >= 11 is 1.36. The average Bonchev–Trinajstić information content (AvgIpc) is 3.13. The predicted molar refractivity (Wildman–Crippen MR) is 102 cm³/mol. The van der Waals surface area contributed by atoms with Crippen molar-refractivity contribution in [2.24, 2.45) is 0 Å². The lowest BCUT2D eigenvalue weighted by Gasteiger charge is -2.25. The second kappa shape index (κ2) is 8.62. The van der Waals surface area contributed by atoms with Crippen LogP contribution in [-0.2, 0) is 11.3 Å². The Balaban J connectivity index is 1.59. The number of hydrogen-bond donors (Lipinski definition) is 0. The van der Waals surface area contributed by atoms with Crippen molar-refractivity contribution in [2.75, 3.05) is 12.8 Å². The van der Waals surface area contributed by atoms with E-state index in [0.717, 1.165) is 11.1 Å². The first-order valence-corrected chi connectivity index (χ1v) is 9.37. The minimum atomic E-state index is 0.0182. The monoisotopic (exact) mass is 367 g/mol. The Hall–Kier alpha value is -2.67. The van der Waals surface area contributed by atoms with Crippen molar-refractivity contribution in [1.82, 2.24) is 25.1 Å². The molecule has 0 fully saturated rings. The predicted octanol–water partition coefficient (Wildman–Crippen LogP) is 3.03. The highest BCUT2D eigenvalue weighted by Gasteiger charge is 2.18. The van der Waals surface area contributed by atoms with Crippen molar-refractivity contribution >= 4 is 17.7 Å². The van der Waals surface area contributed by atoms with Crippen molar-refractivity contribution in [1.29, 1.82) is 0 Å². The molecule has 7 heteroatoms. The Kier molecular flexibility index (Phi) is 6.01. The summed E-state index contributed by atoms with van der Waals surface area (Å²) in [5.41, 5.74) is 2.23. The van der Waals surface area contributed by atoms with Gasteiger partial charge in [0, 0.05) is 7.05 Å². The average molecular weight is 367 g/mol. The Bertz CT molecular complexity index is 837. The first kappa shape index (κ1) is 18.1. The molecule has 0 aliphatic heterocycles. The van der Waals surface area contributed by atoms with E-state index in [4.69, 9.17) is 0 Å². The number of carbonyl (C=O) groups excluding carboxylic acids is 1. The second-order valence-electron chi connectivity index (χ2n) is 5.98. The highest BCUT2D eigenvalue weighted by atomic mass is 32.2. The fourth-order valence-corrected chi connectivity index (χ4v) is 3.36. The first-order chi connectivity index (χ1) is 12.6. The number of carbonyl (C=O) groups is 1. The van der Waals surface area contributed by atoms with Crippen LogP contribution in [0.5, 0.6) is 0 Å². The molecule has 3 rings (SSSR count). The molecular formula is C19H21N5OS. The number of rotatable bonds is 7. The second-order valence-corrected chi connectivity index (χ2v) is 6.93. The lowest BCUT2D eigenvalue weighted by molar-refractivity contribution is -0.128. The number of nitrogens with zero attached hydrogens (tertiary/aromatic N) is 5. The van der Waals surface area contributed by atoms with E-state index >= 15 is 0 Å². The lowest BCUT2D eigenvalue weighted by atomic mass is 10.1. The van der Waals surface area contributed by atoms with Gasteiger partial charge in [0.1, 0.15) is 0 Å². The molecule has 1 aromatic heterocycles. The van der Waals surface area contributed by atoms with Gasteiger partial charge in [0.25, 0.3) is 0 Å². The minimum Gasteiger partial charge on any atom is -0.338 e. The molecule has 3 aromatic rings. The molecule has 6 nitrogen and oxygen atoms in total. The van der Waals surface area contributed by atoms with Crippen LogP contribution in [0.25, 0.3) is 0 Å². The fourth-order valence-electron chi connectivity index (χ4n) is 2.55. The van der Waals surface area contributed by atoms with Crippen molar-refractivity contribution < 1.29 is 4.79 Å². The number of tetrazole rings is 1. The van der Waals surface area contributed by atoms with Gasteiger partial charge in [-0.15, -0.1) is 5.10 Å². The topological polar surface area (TPSA) is 63.9 Å². The van der Waals surface area contributed by atoms with Gasteiger partial charge in [0.15, 0.2) is 0 Å². The van der Waals surface area contributed by atoms with E-state index in [1.807, 2.05) is 74.6 Å². The van der Waals surface area contributed by atoms with E-state index in [-0.39, 0.29) is 11.9 Å². The van der Waals surface area contributed by atoms with Gasteiger partial charge < -0.3 is 4.90 Å². The zero-order valence-corrected chi connectivity index (χ0v) is 15.6. The number of amides is 1. The van der Waals surface area contributed by atoms with Crippen LogP contribution in [-0.4, -0.2) is 43.8 Å². The van der Waals surface area contributed by atoms with Gasteiger partial charge in [0.2, 0.25) is 11.1 Å². The highest BCUT2D eigenvalue weighted by molar-refractivity contribution is 7.99. The molecule has 1 unspecified atom stereocenters. The minimum absolute atomic E-state index is 0.0182. The molecule has 26 heavy (non-hydrogen) atoms. The van der Waals surface area contributed by atoms with Crippen LogP contribution in [0.3, 0.4) is 0 Å². The van der Waals surface area contributed by atoms with Gasteiger partial charge in [0.05, 0.1) is 18.3 Å². The summed E-state index contributed by atoms with van der Waals surface area (Å²) < 4.78 is 1.72. The molecule has 0 saturated carbocycles. The molecule has 0 aliphatic rings. The molecule has 0 spiro atoms. The van der Waals surface area contributed by atoms with Crippen LogP contribution >= 0.6 is 11.8 Å². The van der Waals surface area contributed by atoms with Crippen LogP contribution in [0.15, 0.2) is 65.8 Å². The number of thioether (sulfide) groups is 1. The molecular weight excluding hydrogens is 346 g/mol. The normalized spacial score (nSPS) is 11.9. The van der Waals surface area contributed by atoms with E-state index in [2.05, 4.69) is 15.5 Å². The van der Waals surface area contributed by atoms with E-state index in [9.17, 15) is 4.79 Å². The molecule has 0 radical (unpaired) electrons. The third-order valence-corrected chi connectivity index (χ3v) is 5.20. The molecule has 0 aliphatic carbocycles. The standard InChI is InChI=1S/C19H21N5OS/c1-15(17-11-7-4-8-12-17)23(2)18(25)14-26-19-20-21-22-24(19)13-16-9-5-3-6-10-16/h3-12,15H,13-14H2,1-2H3. The van der Waals surface area contributed by atoms with Gasteiger partial charge in [-0.2, -0.15) is 0 Å².